The summed E-state index contributed by atoms with van der Waals surface area (Å²) in [7, 11) is 0. The normalized spacial score (nSPS) is 11.1. The van der Waals surface area contributed by atoms with Crippen molar-refractivity contribution in [3.05, 3.63) is 22.4 Å². The van der Waals surface area contributed by atoms with E-state index < -0.39 is 0 Å². The first-order valence-corrected chi connectivity index (χ1v) is 7.23. The third-order valence-corrected chi connectivity index (χ3v) is 3.72. The Kier molecular flexibility index (Phi) is 7.14. The van der Waals surface area contributed by atoms with Crippen molar-refractivity contribution in [3.8, 4) is 0 Å². The lowest BCUT2D eigenvalue weighted by atomic mass is 10.2. The molecule has 0 amide bonds. The molecule has 0 N–H and O–H groups in total. The van der Waals surface area contributed by atoms with Gasteiger partial charge in [-0.25, -0.2) is 0 Å². The van der Waals surface area contributed by atoms with Crippen LogP contribution < -0.4 is 0 Å². The summed E-state index contributed by atoms with van der Waals surface area (Å²) in [4.78, 5) is 4.00. The Morgan fingerprint density at radius 2 is 2.20 bits per heavy atom. The number of nitrogens with zero attached hydrogens (tertiary/aromatic N) is 1. The van der Waals surface area contributed by atoms with Gasteiger partial charge in [0.2, 0.25) is 0 Å². The fourth-order valence-corrected chi connectivity index (χ4v) is 2.57. The molecule has 1 aromatic rings. The highest BCUT2D eigenvalue weighted by Crippen LogP contribution is 2.12. The standard InChI is InChI=1S/C12H21NS2/c1-2-13(8-4-3-5-9-14)11-12-7-6-10-15-12/h6-7,10,14H,2-5,8-9,11H2,1H3. The van der Waals surface area contributed by atoms with Crippen molar-refractivity contribution >= 4 is 24.0 Å². The van der Waals surface area contributed by atoms with Crippen LogP contribution in [-0.4, -0.2) is 23.7 Å². The Morgan fingerprint density at radius 3 is 2.80 bits per heavy atom. The lowest BCUT2D eigenvalue weighted by molar-refractivity contribution is 0.276. The monoisotopic (exact) mass is 243 g/mol. The molecule has 0 atom stereocenters. The minimum atomic E-state index is 1.02. The molecule has 0 unspecified atom stereocenters. The summed E-state index contributed by atoms with van der Waals surface area (Å²) in [5.74, 6) is 1.02. The van der Waals surface area contributed by atoms with Crippen LogP contribution in [0.3, 0.4) is 0 Å². The second kappa shape index (κ2) is 8.20. The number of thiophene rings is 1. The predicted octanol–water partition coefficient (Wildman–Crippen LogP) is 3.67. The lowest BCUT2D eigenvalue weighted by Crippen LogP contribution is -2.23. The van der Waals surface area contributed by atoms with Crippen molar-refractivity contribution < 1.29 is 0 Å². The molecule has 15 heavy (non-hydrogen) atoms. The van der Waals surface area contributed by atoms with Gasteiger partial charge in [-0.3, -0.25) is 4.90 Å². The van der Waals surface area contributed by atoms with E-state index in [1.807, 2.05) is 11.3 Å². The number of hydrogen-bond donors (Lipinski definition) is 1. The summed E-state index contributed by atoms with van der Waals surface area (Å²) < 4.78 is 0. The largest absolute Gasteiger partial charge is 0.299 e. The smallest absolute Gasteiger partial charge is 0.0327 e. The quantitative estimate of drug-likeness (QED) is 0.538. The molecular weight excluding hydrogens is 222 g/mol. The van der Waals surface area contributed by atoms with E-state index in [4.69, 9.17) is 0 Å². The molecular formula is C12H21NS2. The minimum absolute atomic E-state index is 1.02. The topological polar surface area (TPSA) is 3.24 Å². The van der Waals surface area contributed by atoms with E-state index in [1.165, 1.54) is 30.7 Å². The van der Waals surface area contributed by atoms with Crippen LogP contribution in [0.25, 0.3) is 0 Å². The lowest BCUT2D eigenvalue weighted by Gasteiger charge is -2.19. The van der Waals surface area contributed by atoms with Gasteiger partial charge in [-0.2, -0.15) is 12.6 Å². The van der Waals surface area contributed by atoms with Gasteiger partial charge in [0, 0.05) is 11.4 Å². The number of unbranched alkanes of at least 4 members (excludes halogenated alkanes) is 2. The van der Waals surface area contributed by atoms with Gasteiger partial charge in [0.25, 0.3) is 0 Å². The van der Waals surface area contributed by atoms with Crippen LogP contribution in [0, 0.1) is 0 Å². The van der Waals surface area contributed by atoms with Crippen LogP contribution >= 0.6 is 24.0 Å². The van der Waals surface area contributed by atoms with Gasteiger partial charge in [0.15, 0.2) is 0 Å². The number of thiol groups is 1. The maximum Gasteiger partial charge on any atom is 0.0327 e. The highest BCUT2D eigenvalue weighted by atomic mass is 32.1. The first kappa shape index (κ1) is 13.1. The van der Waals surface area contributed by atoms with Crippen LogP contribution in [0.15, 0.2) is 17.5 Å². The van der Waals surface area contributed by atoms with Crippen molar-refractivity contribution in [3.63, 3.8) is 0 Å². The zero-order valence-electron chi connectivity index (χ0n) is 9.48. The van der Waals surface area contributed by atoms with Crippen LogP contribution in [0.1, 0.15) is 31.1 Å². The minimum Gasteiger partial charge on any atom is -0.299 e. The van der Waals surface area contributed by atoms with E-state index in [1.54, 1.807) is 0 Å². The molecule has 1 heterocycles. The molecule has 0 bridgehead atoms. The summed E-state index contributed by atoms with van der Waals surface area (Å²) in [6, 6.07) is 4.36. The van der Waals surface area contributed by atoms with Crippen LogP contribution in [0.4, 0.5) is 0 Å². The number of rotatable bonds is 8. The molecule has 1 nitrogen and oxygen atoms in total. The third-order valence-electron chi connectivity index (χ3n) is 2.54. The predicted molar refractivity (Wildman–Crippen MR) is 73.0 cm³/mol. The van der Waals surface area contributed by atoms with E-state index in [2.05, 4.69) is 42.0 Å². The van der Waals surface area contributed by atoms with Crippen molar-refractivity contribution in [1.82, 2.24) is 4.90 Å². The molecule has 1 aromatic heterocycles. The molecule has 0 saturated carbocycles. The second-order valence-electron chi connectivity index (χ2n) is 3.73. The summed E-state index contributed by atoms with van der Waals surface area (Å²) in [5.41, 5.74) is 0. The number of hydrogen-bond acceptors (Lipinski definition) is 3. The average molecular weight is 243 g/mol. The summed E-state index contributed by atoms with van der Waals surface area (Å²) >= 11 is 6.08. The first-order valence-electron chi connectivity index (χ1n) is 5.72. The molecule has 0 saturated heterocycles. The molecule has 1 rings (SSSR count). The fourth-order valence-electron chi connectivity index (χ4n) is 1.60. The Balaban J connectivity index is 2.18. The van der Waals surface area contributed by atoms with Gasteiger partial charge < -0.3 is 0 Å². The molecule has 0 radical (unpaired) electrons. The summed E-state index contributed by atoms with van der Waals surface area (Å²) in [5, 5.41) is 2.16. The van der Waals surface area contributed by atoms with Crippen molar-refractivity contribution in [2.45, 2.75) is 32.7 Å². The van der Waals surface area contributed by atoms with Crippen LogP contribution in [-0.2, 0) is 6.54 Å². The van der Waals surface area contributed by atoms with E-state index in [9.17, 15) is 0 Å². The van der Waals surface area contributed by atoms with E-state index >= 15 is 0 Å². The zero-order valence-corrected chi connectivity index (χ0v) is 11.2. The van der Waals surface area contributed by atoms with E-state index in [0.717, 1.165) is 18.8 Å². The van der Waals surface area contributed by atoms with Gasteiger partial charge in [-0.15, -0.1) is 11.3 Å². The summed E-state index contributed by atoms with van der Waals surface area (Å²) in [6.07, 6.45) is 3.86. The molecule has 0 aliphatic carbocycles. The maximum atomic E-state index is 4.23. The SMILES string of the molecule is CCN(CCCCCS)Cc1cccs1. The van der Waals surface area contributed by atoms with Crippen LogP contribution in [0.2, 0.25) is 0 Å². The molecule has 0 aliphatic rings. The molecule has 86 valence electrons. The molecule has 0 aliphatic heterocycles. The zero-order chi connectivity index (χ0) is 10.9. The molecule has 0 fully saturated rings. The van der Waals surface area contributed by atoms with Gasteiger partial charge >= 0.3 is 0 Å². The van der Waals surface area contributed by atoms with Gasteiger partial charge in [-0.05, 0) is 43.1 Å². The third kappa shape index (κ3) is 5.59. The van der Waals surface area contributed by atoms with Gasteiger partial charge in [0.1, 0.15) is 0 Å². The summed E-state index contributed by atoms with van der Waals surface area (Å²) in [6.45, 7) is 5.74. The van der Waals surface area contributed by atoms with Crippen LogP contribution in [0.5, 0.6) is 0 Å². The van der Waals surface area contributed by atoms with Crippen molar-refractivity contribution in [2.75, 3.05) is 18.8 Å². The Hall–Kier alpha value is 0.01000. The van der Waals surface area contributed by atoms with E-state index in [-0.39, 0.29) is 0 Å². The maximum absolute atomic E-state index is 4.23. The fraction of sp³-hybridized carbons (Fsp3) is 0.667. The Morgan fingerprint density at radius 1 is 1.33 bits per heavy atom. The van der Waals surface area contributed by atoms with Gasteiger partial charge in [-0.1, -0.05) is 19.4 Å². The second-order valence-corrected chi connectivity index (χ2v) is 5.21. The first-order chi connectivity index (χ1) is 7.36. The van der Waals surface area contributed by atoms with Crippen molar-refractivity contribution in [1.29, 1.82) is 0 Å². The highest BCUT2D eigenvalue weighted by molar-refractivity contribution is 7.80. The van der Waals surface area contributed by atoms with Crippen molar-refractivity contribution in [2.24, 2.45) is 0 Å². The molecule has 0 aromatic carbocycles. The Bertz CT molecular complexity index is 234. The molecule has 0 spiro atoms. The highest BCUT2D eigenvalue weighted by Gasteiger charge is 2.03. The van der Waals surface area contributed by atoms with Gasteiger partial charge in [0.05, 0.1) is 0 Å². The average Bonchev–Trinajstić information content (AvgIpc) is 2.75. The van der Waals surface area contributed by atoms with E-state index in [0.29, 0.717) is 0 Å². The Labute approximate surface area is 103 Å². The molecule has 3 heteroatoms.